The van der Waals surface area contributed by atoms with E-state index < -0.39 is 33.9 Å². The number of carbonyl (C=O) groups is 3. The molecule has 0 saturated heterocycles. The summed E-state index contributed by atoms with van der Waals surface area (Å²) in [5.41, 5.74) is 20.1. The molecule has 0 fully saturated rings. The van der Waals surface area contributed by atoms with Gasteiger partial charge >= 0.3 is 0 Å². The van der Waals surface area contributed by atoms with Gasteiger partial charge in [0, 0.05) is 38.4 Å². The lowest BCUT2D eigenvalue weighted by molar-refractivity contribution is -0.134. The summed E-state index contributed by atoms with van der Waals surface area (Å²) in [4.78, 5) is 40.4. The van der Waals surface area contributed by atoms with E-state index >= 15 is 0 Å². The van der Waals surface area contributed by atoms with Crippen LogP contribution in [0.25, 0.3) is 0 Å². The summed E-state index contributed by atoms with van der Waals surface area (Å²) in [5, 5.41) is 5.54. The van der Waals surface area contributed by atoms with Crippen molar-refractivity contribution in [2.24, 2.45) is 17.2 Å². The molecule has 1 aliphatic heterocycles. The van der Waals surface area contributed by atoms with Gasteiger partial charge in [0.2, 0.25) is 27.7 Å². The zero-order valence-corrected chi connectivity index (χ0v) is 23.5. The van der Waals surface area contributed by atoms with Gasteiger partial charge in [0.15, 0.2) is 0 Å². The van der Waals surface area contributed by atoms with Gasteiger partial charge in [0.05, 0.1) is 24.4 Å². The fourth-order valence-corrected chi connectivity index (χ4v) is 5.57. The molecule has 1 heterocycles. The first-order valence-corrected chi connectivity index (χ1v) is 15.1. The van der Waals surface area contributed by atoms with Gasteiger partial charge in [-0.25, -0.2) is 8.42 Å². The highest BCUT2D eigenvalue weighted by atomic mass is 32.2. The third-order valence-electron chi connectivity index (χ3n) is 6.68. The molecule has 0 aliphatic carbocycles. The Bertz CT molecular complexity index is 1280. The molecule has 218 valence electrons. The van der Waals surface area contributed by atoms with Crippen molar-refractivity contribution >= 4 is 39.1 Å². The van der Waals surface area contributed by atoms with Gasteiger partial charge in [0.1, 0.15) is 6.04 Å². The first-order valence-electron chi connectivity index (χ1n) is 13.2. The lowest BCUT2D eigenvalue weighted by Gasteiger charge is -2.24. The van der Waals surface area contributed by atoms with Crippen LogP contribution in [0.1, 0.15) is 24.0 Å². The molecule has 3 rings (SSSR count). The lowest BCUT2D eigenvalue weighted by Crippen LogP contribution is -2.52. The van der Waals surface area contributed by atoms with Gasteiger partial charge < -0.3 is 32.7 Å². The number of hydrogen-bond acceptors (Lipinski definition) is 8. The van der Waals surface area contributed by atoms with Crippen LogP contribution >= 0.6 is 0 Å². The number of nitrogens with two attached hydrogens (primary N) is 3. The Labute approximate surface area is 235 Å². The van der Waals surface area contributed by atoms with E-state index in [1.807, 2.05) is 30.3 Å². The topological polar surface area (TPSA) is 194 Å². The molecule has 0 radical (unpaired) electrons. The number of nitrogens with one attached hydrogen (secondary N) is 2. The van der Waals surface area contributed by atoms with Crippen molar-refractivity contribution in [3.8, 4) is 0 Å². The molecule has 13 heteroatoms. The van der Waals surface area contributed by atoms with Crippen LogP contribution in [-0.2, 0) is 37.2 Å². The number of nitrogens with zero attached hydrogens (tertiary/aromatic N) is 2. The van der Waals surface area contributed by atoms with Crippen molar-refractivity contribution in [1.82, 2.24) is 10.2 Å². The first-order chi connectivity index (χ1) is 19.0. The zero-order valence-electron chi connectivity index (χ0n) is 22.7. The van der Waals surface area contributed by atoms with Gasteiger partial charge in [-0.05, 0) is 48.6 Å². The molecule has 2 aromatic carbocycles. The molecular weight excluding hydrogens is 534 g/mol. The number of carbonyl (C=O) groups excluding carboxylic acids is 3. The average Bonchev–Trinajstić information content (AvgIpc) is 3.35. The van der Waals surface area contributed by atoms with Crippen molar-refractivity contribution in [1.29, 1.82) is 0 Å². The van der Waals surface area contributed by atoms with E-state index in [1.165, 1.54) is 9.21 Å². The summed E-state index contributed by atoms with van der Waals surface area (Å²) in [6.07, 6.45) is 2.24. The normalized spacial score (nSPS) is 14.2. The number of hydrogen-bond donors (Lipinski definition) is 5. The summed E-state index contributed by atoms with van der Waals surface area (Å²) >= 11 is 0. The molecule has 2 aromatic rings. The van der Waals surface area contributed by atoms with Gasteiger partial charge in [-0.3, -0.25) is 18.7 Å². The van der Waals surface area contributed by atoms with Gasteiger partial charge in [-0.15, -0.1) is 0 Å². The molecule has 3 amide bonds. The second-order valence-corrected chi connectivity index (χ2v) is 11.7. The maximum absolute atomic E-state index is 13.3. The number of amides is 3. The van der Waals surface area contributed by atoms with Crippen molar-refractivity contribution in [2.75, 3.05) is 48.6 Å². The molecule has 2 atom stereocenters. The third-order valence-corrected chi connectivity index (χ3v) is 7.86. The van der Waals surface area contributed by atoms with E-state index in [0.717, 1.165) is 17.4 Å². The van der Waals surface area contributed by atoms with Crippen LogP contribution in [0, 0.1) is 0 Å². The molecule has 12 nitrogen and oxygen atoms in total. The predicted octanol–water partition coefficient (Wildman–Crippen LogP) is -0.472. The number of rotatable bonds is 14. The Morgan fingerprint density at radius 3 is 2.33 bits per heavy atom. The summed E-state index contributed by atoms with van der Waals surface area (Å²) in [6.45, 7) is 1.45. The fraction of sp³-hybridized carbons (Fsp3) is 0.444. The highest BCUT2D eigenvalue weighted by molar-refractivity contribution is 7.92. The Morgan fingerprint density at radius 2 is 1.70 bits per heavy atom. The molecule has 40 heavy (non-hydrogen) atoms. The van der Waals surface area contributed by atoms with Gasteiger partial charge in [-0.2, -0.15) is 0 Å². The Balaban J connectivity index is 1.71. The van der Waals surface area contributed by atoms with E-state index in [2.05, 4.69) is 10.6 Å². The largest absolute Gasteiger partial charge is 0.343 e. The van der Waals surface area contributed by atoms with Crippen LogP contribution < -0.4 is 32.1 Å². The van der Waals surface area contributed by atoms with Crippen LogP contribution in [0.15, 0.2) is 48.5 Å². The van der Waals surface area contributed by atoms with Crippen LogP contribution in [0.2, 0.25) is 0 Å². The summed E-state index contributed by atoms with van der Waals surface area (Å²) in [6, 6.07) is 12.5. The van der Waals surface area contributed by atoms with Crippen LogP contribution in [0.3, 0.4) is 0 Å². The minimum Gasteiger partial charge on any atom is -0.343 e. The summed E-state index contributed by atoms with van der Waals surface area (Å²) in [5.74, 6) is -1.42. The summed E-state index contributed by atoms with van der Waals surface area (Å²) < 4.78 is 25.4. The number of anilines is 2. The maximum Gasteiger partial charge on any atom is 0.246 e. The number of benzene rings is 2. The highest BCUT2D eigenvalue weighted by Gasteiger charge is 2.28. The minimum atomic E-state index is -3.39. The molecule has 1 aliphatic rings. The lowest BCUT2D eigenvalue weighted by atomic mass is 10.0. The average molecular weight is 574 g/mol. The molecule has 0 unspecified atom stereocenters. The standard InChI is InChI=1S/C27H39N7O5S/c1-40(38,39)34-14-11-20-17-21(8-10-24(20)34)31-27(37)23(9-7-19-5-3-2-4-6-19)32-26(36)22(30)18-25(35)33(15-12-28)16-13-29/h2-6,8,10,17,22-23H,7,9,11-16,18,28-30H2,1H3,(H,31,37)(H,32,36)/t22-,23-/m0/s1. The van der Waals surface area contributed by atoms with Crippen molar-refractivity contribution < 1.29 is 22.8 Å². The van der Waals surface area contributed by atoms with Crippen LogP contribution in [0.5, 0.6) is 0 Å². The van der Waals surface area contributed by atoms with E-state index in [0.29, 0.717) is 50.3 Å². The zero-order chi connectivity index (χ0) is 29.3. The van der Waals surface area contributed by atoms with E-state index in [4.69, 9.17) is 17.2 Å². The first kappa shape index (κ1) is 31.0. The van der Waals surface area contributed by atoms with Gasteiger partial charge in [0.25, 0.3) is 0 Å². The van der Waals surface area contributed by atoms with Crippen molar-refractivity contribution in [2.45, 2.75) is 37.8 Å². The molecular formula is C27H39N7O5S. The fourth-order valence-electron chi connectivity index (χ4n) is 4.61. The number of aryl methyl sites for hydroxylation is 1. The van der Waals surface area contributed by atoms with E-state index in [-0.39, 0.29) is 25.4 Å². The molecule has 0 aromatic heterocycles. The van der Waals surface area contributed by atoms with Crippen molar-refractivity contribution in [3.05, 3.63) is 59.7 Å². The number of sulfonamides is 1. The second kappa shape index (κ2) is 14.2. The number of fused-ring (bicyclic) bond motifs is 1. The summed E-state index contributed by atoms with van der Waals surface area (Å²) in [7, 11) is -3.39. The Morgan fingerprint density at radius 1 is 1.02 bits per heavy atom. The Hall–Kier alpha value is -3.52. The quantitative estimate of drug-likeness (QED) is 0.200. The molecule has 8 N–H and O–H groups in total. The van der Waals surface area contributed by atoms with Gasteiger partial charge in [-0.1, -0.05) is 30.3 Å². The smallest absolute Gasteiger partial charge is 0.246 e. The van der Waals surface area contributed by atoms with Crippen LogP contribution in [0.4, 0.5) is 11.4 Å². The molecule has 0 spiro atoms. The molecule has 0 bridgehead atoms. The third kappa shape index (κ3) is 8.49. The SMILES string of the molecule is CS(=O)(=O)N1CCc2cc(NC(=O)[C@H](CCc3ccccc3)NC(=O)[C@@H](N)CC(=O)N(CCN)CCN)ccc21. The van der Waals surface area contributed by atoms with E-state index in [1.54, 1.807) is 18.2 Å². The minimum absolute atomic E-state index is 0.249. The monoisotopic (exact) mass is 573 g/mol. The second-order valence-electron chi connectivity index (χ2n) is 9.77. The highest BCUT2D eigenvalue weighted by Crippen LogP contribution is 2.32. The molecule has 0 saturated carbocycles. The van der Waals surface area contributed by atoms with Crippen LogP contribution in [-0.4, -0.2) is 82.1 Å². The van der Waals surface area contributed by atoms with E-state index in [9.17, 15) is 22.8 Å². The van der Waals surface area contributed by atoms with Crippen molar-refractivity contribution in [3.63, 3.8) is 0 Å². The maximum atomic E-state index is 13.3. The predicted molar refractivity (Wildman–Crippen MR) is 155 cm³/mol. The Kier molecular flexibility index (Phi) is 11.0.